The van der Waals surface area contributed by atoms with Crippen molar-refractivity contribution in [3.63, 3.8) is 0 Å². The second-order valence-electron chi connectivity index (χ2n) is 5.66. The number of carbonyl (C=O) groups is 1. The fourth-order valence-corrected chi connectivity index (χ4v) is 2.43. The molecule has 0 aromatic carbocycles. The maximum atomic E-state index is 11.7. The van der Waals surface area contributed by atoms with E-state index in [0.717, 1.165) is 32.7 Å². The van der Waals surface area contributed by atoms with Crippen molar-refractivity contribution in [1.82, 2.24) is 15.5 Å². The second kappa shape index (κ2) is 9.91. The van der Waals surface area contributed by atoms with E-state index in [1.165, 1.54) is 0 Å². The van der Waals surface area contributed by atoms with Crippen molar-refractivity contribution in [2.45, 2.75) is 26.3 Å². The van der Waals surface area contributed by atoms with Gasteiger partial charge in [-0.1, -0.05) is 19.9 Å². The molecule has 0 aromatic rings. The molecule has 5 heteroatoms. The molecule has 116 valence electrons. The molecule has 0 aliphatic carbocycles. The Bertz CT molecular complexity index is 289. The SMILES string of the molecule is C=CCNCC(=O)NCC(CC(C)C)N1CCOCC1. The van der Waals surface area contributed by atoms with E-state index in [-0.39, 0.29) is 5.91 Å². The average molecular weight is 283 g/mol. The van der Waals surface area contributed by atoms with Gasteiger partial charge in [0.25, 0.3) is 0 Å². The van der Waals surface area contributed by atoms with Crippen LogP contribution >= 0.6 is 0 Å². The van der Waals surface area contributed by atoms with Gasteiger partial charge in [-0.05, 0) is 12.3 Å². The summed E-state index contributed by atoms with van der Waals surface area (Å²) in [7, 11) is 0. The molecule has 0 aromatic heterocycles. The van der Waals surface area contributed by atoms with Crippen LogP contribution in [0.5, 0.6) is 0 Å². The van der Waals surface area contributed by atoms with Gasteiger partial charge < -0.3 is 15.4 Å². The molecule has 2 N–H and O–H groups in total. The van der Waals surface area contributed by atoms with Crippen LogP contribution < -0.4 is 10.6 Å². The van der Waals surface area contributed by atoms with Crippen LogP contribution in [0.2, 0.25) is 0 Å². The summed E-state index contributed by atoms with van der Waals surface area (Å²) in [5, 5.41) is 6.04. The number of carbonyl (C=O) groups excluding carboxylic acids is 1. The van der Waals surface area contributed by atoms with Gasteiger partial charge in [-0.15, -0.1) is 6.58 Å². The lowest BCUT2D eigenvalue weighted by molar-refractivity contribution is -0.120. The van der Waals surface area contributed by atoms with E-state index in [4.69, 9.17) is 4.74 Å². The molecule has 0 bridgehead atoms. The molecule has 1 unspecified atom stereocenters. The number of rotatable bonds is 9. The van der Waals surface area contributed by atoms with Gasteiger partial charge in [0.1, 0.15) is 0 Å². The molecule has 1 fully saturated rings. The Balaban J connectivity index is 2.35. The largest absolute Gasteiger partial charge is 0.379 e. The zero-order valence-corrected chi connectivity index (χ0v) is 12.9. The van der Waals surface area contributed by atoms with E-state index in [1.54, 1.807) is 6.08 Å². The highest BCUT2D eigenvalue weighted by Crippen LogP contribution is 2.12. The minimum atomic E-state index is 0.0499. The van der Waals surface area contributed by atoms with E-state index in [1.807, 2.05) is 0 Å². The summed E-state index contributed by atoms with van der Waals surface area (Å²) in [6, 6.07) is 0.405. The molecular formula is C15H29N3O2. The van der Waals surface area contributed by atoms with Crippen molar-refractivity contribution >= 4 is 5.91 Å². The summed E-state index contributed by atoms with van der Waals surface area (Å²) >= 11 is 0. The lowest BCUT2D eigenvalue weighted by Gasteiger charge is -2.35. The van der Waals surface area contributed by atoms with E-state index in [2.05, 4.69) is 36.0 Å². The molecule has 0 radical (unpaired) electrons. The minimum Gasteiger partial charge on any atom is -0.379 e. The van der Waals surface area contributed by atoms with Crippen LogP contribution in [0.3, 0.4) is 0 Å². The third kappa shape index (κ3) is 7.03. The Morgan fingerprint density at radius 1 is 1.40 bits per heavy atom. The summed E-state index contributed by atoms with van der Waals surface area (Å²) in [5.41, 5.74) is 0. The third-order valence-corrected chi connectivity index (χ3v) is 3.41. The van der Waals surface area contributed by atoms with Crippen LogP contribution in [0, 0.1) is 5.92 Å². The molecule has 1 aliphatic rings. The maximum absolute atomic E-state index is 11.7. The molecule has 1 amide bonds. The minimum absolute atomic E-state index is 0.0499. The molecule has 20 heavy (non-hydrogen) atoms. The average Bonchev–Trinajstić information content (AvgIpc) is 2.44. The molecule has 1 rings (SSSR count). The quantitative estimate of drug-likeness (QED) is 0.481. The van der Waals surface area contributed by atoms with Crippen molar-refractivity contribution < 1.29 is 9.53 Å². The van der Waals surface area contributed by atoms with Crippen LogP contribution in [-0.2, 0) is 9.53 Å². The number of ether oxygens (including phenoxy) is 1. The summed E-state index contributed by atoms with van der Waals surface area (Å²) in [5.74, 6) is 0.674. The smallest absolute Gasteiger partial charge is 0.234 e. The van der Waals surface area contributed by atoms with E-state index >= 15 is 0 Å². The predicted molar refractivity (Wildman–Crippen MR) is 81.7 cm³/mol. The van der Waals surface area contributed by atoms with E-state index in [0.29, 0.717) is 31.6 Å². The van der Waals surface area contributed by atoms with E-state index in [9.17, 15) is 4.79 Å². The lowest BCUT2D eigenvalue weighted by Crippen LogP contribution is -2.50. The number of hydrogen-bond acceptors (Lipinski definition) is 4. The maximum Gasteiger partial charge on any atom is 0.234 e. The van der Waals surface area contributed by atoms with Gasteiger partial charge in [-0.3, -0.25) is 9.69 Å². The van der Waals surface area contributed by atoms with Gasteiger partial charge in [-0.25, -0.2) is 0 Å². The van der Waals surface area contributed by atoms with Crippen LogP contribution in [0.15, 0.2) is 12.7 Å². The van der Waals surface area contributed by atoms with Gasteiger partial charge in [-0.2, -0.15) is 0 Å². The molecule has 1 aliphatic heterocycles. The molecule has 1 heterocycles. The van der Waals surface area contributed by atoms with Gasteiger partial charge in [0, 0.05) is 32.2 Å². The fraction of sp³-hybridized carbons (Fsp3) is 0.800. The van der Waals surface area contributed by atoms with Crippen LogP contribution in [0.1, 0.15) is 20.3 Å². The van der Waals surface area contributed by atoms with E-state index < -0.39 is 0 Å². The first kappa shape index (κ1) is 17.1. The predicted octanol–water partition coefficient (Wildman–Crippen LogP) is 0.625. The second-order valence-corrected chi connectivity index (χ2v) is 5.66. The van der Waals surface area contributed by atoms with Crippen molar-refractivity contribution in [2.24, 2.45) is 5.92 Å². The zero-order chi connectivity index (χ0) is 14.8. The molecule has 5 nitrogen and oxygen atoms in total. The molecule has 1 saturated heterocycles. The van der Waals surface area contributed by atoms with Gasteiger partial charge >= 0.3 is 0 Å². The standard InChI is InChI=1S/C15H29N3O2/c1-4-5-16-12-15(19)17-11-14(10-13(2)3)18-6-8-20-9-7-18/h4,13-14,16H,1,5-12H2,2-3H3,(H,17,19). The number of hydrogen-bond donors (Lipinski definition) is 2. The molecule has 0 spiro atoms. The topological polar surface area (TPSA) is 53.6 Å². The van der Waals surface area contributed by atoms with Crippen molar-refractivity contribution in [3.8, 4) is 0 Å². The molecular weight excluding hydrogens is 254 g/mol. The Hall–Kier alpha value is -0.910. The van der Waals surface area contributed by atoms with Gasteiger partial charge in [0.2, 0.25) is 5.91 Å². The normalized spacial score (nSPS) is 17.9. The summed E-state index contributed by atoms with van der Waals surface area (Å²) in [4.78, 5) is 14.2. The Morgan fingerprint density at radius 3 is 2.70 bits per heavy atom. The first-order chi connectivity index (χ1) is 9.63. The van der Waals surface area contributed by atoms with Gasteiger partial charge in [0.05, 0.1) is 19.8 Å². The first-order valence-corrected chi connectivity index (χ1v) is 7.53. The number of nitrogens with one attached hydrogen (secondary N) is 2. The highest BCUT2D eigenvalue weighted by atomic mass is 16.5. The first-order valence-electron chi connectivity index (χ1n) is 7.53. The number of amides is 1. The number of nitrogens with zero attached hydrogens (tertiary/aromatic N) is 1. The van der Waals surface area contributed by atoms with Crippen LogP contribution in [0.4, 0.5) is 0 Å². The van der Waals surface area contributed by atoms with Crippen molar-refractivity contribution in [1.29, 1.82) is 0 Å². The molecule has 0 saturated carbocycles. The molecule has 1 atom stereocenters. The summed E-state index contributed by atoms with van der Waals surface area (Å²) in [6.45, 7) is 13.3. The summed E-state index contributed by atoms with van der Waals surface area (Å²) < 4.78 is 5.40. The summed E-state index contributed by atoms with van der Waals surface area (Å²) in [6.07, 6.45) is 2.85. The number of morpholine rings is 1. The van der Waals surface area contributed by atoms with Crippen LogP contribution in [-0.4, -0.2) is 62.8 Å². The fourth-order valence-electron chi connectivity index (χ4n) is 2.43. The van der Waals surface area contributed by atoms with Crippen molar-refractivity contribution in [3.05, 3.63) is 12.7 Å². The highest BCUT2D eigenvalue weighted by molar-refractivity contribution is 5.78. The van der Waals surface area contributed by atoms with Gasteiger partial charge in [0.15, 0.2) is 0 Å². The van der Waals surface area contributed by atoms with Crippen LogP contribution in [0.25, 0.3) is 0 Å². The highest BCUT2D eigenvalue weighted by Gasteiger charge is 2.22. The Morgan fingerprint density at radius 2 is 2.10 bits per heavy atom. The van der Waals surface area contributed by atoms with Crippen molar-refractivity contribution in [2.75, 3.05) is 45.9 Å². The lowest BCUT2D eigenvalue weighted by atomic mass is 10.0. The third-order valence-electron chi connectivity index (χ3n) is 3.41. The Labute approximate surface area is 122 Å². The zero-order valence-electron chi connectivity index (χ0n) is 12.9. The monoisotopic (exact) mass is 283 g/mol. The Kier molecular flexibility index (Phi) is 8.49.